The minimum atomic E-state index is -1.21. The van der Waals surface area contributed by atoms with E-state index in [0.29, 0.717) is 0 Å². The van der Waals surface area contributed by atoms with Crippen LogP contribution in [0.25, 0.3) is 0 Å². The van der Waals surface area contributed by atoms with E-state index in [0.717, 1.165) is 9.80 Å². The summed E-state index contributed by atoms with van der Waals surface area (Å²) in [5, 5.41) is 19.8. The van der Waals surface area contributed by atoms with E-state index in [-0.39, 0.29) is 11.4 Å². The Hall–Kier alpha value is -3.18. The van der Waals surface area contributed by atoms with Crippen LogP contribution in [0.4, 0.5) is 11.4 Å². The zero-order chi connectivity index (χ0) is 23.6. The molecule has 10 nitrogen and oxygen atoms in total. The summed E-state index contributed by atoms with van der Waals surface area (Å²) < 4.78 is 11.5. The fourth-order valence-electron chi connectivity index (χ4n) is 6.65. The number of rotatable bonds is 4. The van der Waals surface area contributed by atoms with Crippen LogP contribution in [0.1, 0.15) is 0 Å². The lowest BCUT2D eigenvalue weighted by molar-refractivity contribution is -0.129. The molecule has 6 aliphatic rings. The predicted octanol–water partition coefficient (Wildman–Crippen LogP) is -0.703. The molecule has 6 heterocycles. The van der Waals surface area contributed by atoms with Gasteiger partial charge in [-0.25, -0.2) is 9.80 Å². The molecular formula is C24H20N2O8. The molecule has 0 radical (unpaired) electrons. The van der Waals surface area contributed by atoms with E-state index in [1.807, 2.05) is 0 Å². The second-order valence-corrected chi connectivity index (χ2v) is 9.66. The van der Waals surface area contributed by atoms with Gasteiger partial charge >= 0.3 is 0 Å². The minimum absolute atomic E-state index is 0.237. The first-order chi connectivity index (χ1) is 16.4. The average molecular weight is 464 g/mol. The van der Waals surface area contributed by atoms with Crippen LogP contribution in [-0.4, -0.2) is 70.5 Å². The Morgan fingerprint density at radius 1 is 0.735 bits per heavy atom. The van der Waals surface area contributed by atoms with Gasteiger partial charge < -0.3 is 19.7 Å². The SMILES string of the molecule is O=C1C2C3C=CC(CO)(O3)C2C(=O)N1c1cccc(N2C(=O)C3C4C=CC(CO)(O4)C3C2=O)c1. The maximum Gasteiger partial charge on any atom is 0.241 e. The number of carbonyl (C=O) groups excluding carboxylic acids is 4. The molecule has 8 atom stereocenters. The number of benzene rings is 1. The molecule has 6 aliphatic heterocycles. The summed E-state index contributed by atoms with van der Waals surface area (Å²) in [6, 6.07) is 6.18. The zero-order valence-electron chi connectivity index (χ0n) is 17.7. The molecule has 0 aliphatic carbocycles. The molecule has 1 aromatic carbocycles. The number of aliphatic hydroxyl groups is 2. The Bertz CT molecular complexity index is 1170. The molecule has 1 aromatic rings. The highest BCUT2D eigenvalue weighted by Crippen LogP contribution is 2.54. The lowest BCUT2D eigenvalue weighted by atomic mass is 9.77. The number of anilines is 2. The lowest BCUT2D eigenvalue weighted by Gasteiger charge is -2.27. The molecule has 4 amide bonds. The summed E-state index contributed by atoms with van der Waals surface area (Å²) in [7, 11) is 0. The highest BCUT2D eigenvalue weighted by molar-refractivity contribution is 6.25. The van der Waals surface area contributed by atoms with Gasteiger partial charge in [0.05, 0.1) is 60.5 Å². The first-order valence-corrected chi connectivity index (χ1v) is 11.2. The van der Waals surface area contributed by atoms with Gasteiger partial charge in [-0.05, 0) is 18.2 Å². The maximum atomic E-state index is 13.3. The van der Waals surface area contributed by atoms with E-state index < -0.39 is 83.9 Å². The summed E-state index contributed by atoms with van der Waals surface area (Å²) in [4.78, 5) is 55.3. The highest BCUT2D eigenvalue weighted by atomic mass is 16.5. The van der Waals surface area contributed by atoms with E-state index in [4.69, 9.17) is 9.47 Å². The van der Waals surface area contributed by atoms with Crippen molar-refractivity contribution in [2.45, 2.75) is 23.4 Å². The van der Waals surface area contributed by atoms with Gasteiger partial charge in [0.25, 0.3) is 0 Å². The molecule has 4 bridgehead atoms. The van der Waals surface area contributed by atoms with Crippen LogP contribution >= 0.6 is 0 Å². The third-order valence-electron chi connectivity index (χ3n) is 8.15. The Morgan fingerprint density at radius 3 is 1.59 bits per heavy atom. The zero-order valence-corrected chi connectivity index (χ0v) is 17.7. The Morgan fingerprint density at radius 2 is 1.18 bits per heavy atom. The third-order valence-corrected chi connectivity index (χ3v) is 8.15. The van der Waals surface area contributed by atoms with E-state index in [1.54, 1.807) is 42.5 Å². The number of aliphatic hydroxyl groups excluding tert-OH is 2. The van der Waals surface area contributed by atoms with Crippen LogP contribution in [0.2, 0.25) is 0 Å². The smallest absolute Gasteiger partial charge is 0.241 e. The predicted molar refractivity (Wildman–Crippen MR) is 113 cm³/mol. The molecule has 0 aromatic heterocycles. The lowest BCUT2D eigenvalue weighted by Crippen LogP contribution is -2.43. The second kappa shape index (κ2) is 6.28. The Labute approximate surface area is 193 Å². The van der Waals surface area contributed by atoms with Crippen LogP contribution in [0.3, 0.4) is 0 Å². The largest absolute Gasteiger partial charge is 0.393 e. The van der Waals surface area contributed by atoms with Crippen LogP contribution in [-0.2, 0) is 28.7 Å². The molecule has 8 unspecified atom stereocenters. The summed E-state index contributed by atoms with van der Waals surface area (Å²) in [6.45, 7) is -0.838. The van der Waals surface area contributed by atoms with Gasteiger partial charge in [-0.2, -0.15) is 0 Å². The van der Waals surface area contributed by atoms with Crippen LogP contribution < -0.4 is 9.80 Å². The summed E-state index contributed by atoms with van der Waals surface area (Å²) >= 11 is 0. The molecule has 10 heteroatoms. The van der Waals surface area contributed by atoms with E-state index in [1.165, 1.54) is 6.07 Å². The van der Waals surface area contributed by atoms with Gasteiger partial charge in [0.2, 0.25) is 23.6 Å². The highest BCUT2D eigenvalue weighted by Gasteiger charge is 2.69. The molecule has 7 rings (SSSR count). The Balaban J connectivity index is 1.24. The number of hydrogen-bond acceptors (Lipinski definition) is 8. The van der Waals surface area contributed by atoms with Crippen molar-refractivity contribution >= 4 is 35.0 Å². The first-order valence-electron chi connectivity index (χ1n) is 11.2. The number of hydrogen-bond donors (Lipinski definition) is 2. The maximum absolute atomic E-state index is 13.3. The normalized spacial score (nSPS) is 43.1. The van der Waals surface area contributed by atoms with Gasteiger partial charge in [-0.1, -0.05) is 30.4 Å². The van der Waals surface area contributed by atoms with Crippen molar-refractivity contribution in [3.63, 3.8) is 0 Å². The topological polar surface area (TPSA) is 134 Å². The van der Waals surface area contributed by atoms with Crippen LogP contribution in [0.5, 0.6) is 0 Å². The number of ether oxygens (including phenoxy) is 2. The molecule has 0 spiro atoms. The first kappa shape index (κ1) is 20.2. The standard InChI is InChI=1S/C24H20N2O8/c27-9-23-6-4-13(33-23)15-17(23)21(31)25(19(15)29)11-2-1-3-12(8-11)26-20(30)16-14-5-7-24(10-28,34-14)18(16)22(26)32/h1-8,13-18,27-28H,9-10H2. The number of amides is 4. The van der Waals surface area contributed by atoms with Crippen molar-refractivity contribution in [1.82, 2.24) is 0 Å². The summed E-state index contributed by atoms with van der Waals surface area (Å²) in [5.74, 6) is -4.98. The van der Waals surface area contributed by atoms with Gasteiger partial charge in [-0.15, -0.1) is 0 Å². The van der Waals surface area contributed by atoms with Crippen LogP contribution in [0.15, 0.2) is 48.6 Å². The van der Waals surface area contributed by atoms with Gasteiger partial charge in [0.15, 0.2) is 0 Å². The average Bonchev–Trinajstić information content (AvgIpc) is 3.66. The summed E-state index contributed by atoms with van der Waals surface area (Å²) in [6.07, 6.45) is 5.52. The fraction of sp³-hybridized carbons (Fsp3) is 0.417. The fourth-order valence-corrected chi connectivity index (χ4v) is 6.65. The minimum Gasteiger partial charge on any atom is -0.393 e. The van der Waals surface area contributed by atoms with Crippen molar-refractivity contribution in [1.29, 1.82) is 0 Å². The van der Waals surface area contributed by atoms with E-state index in [9.17, 15) is 29.4 Å². The quantitative estimate of drug-likeness (QED) is 0.441. The van der Waals surface area contributed by atoms with E-state index >= 15 is 0 Å². The van der Waals surface area contributed by atoms with E-state index in [2.05, 4.69) is 0 Å². The van der Waals surface area contributed by atoms with Crippen molar-refractivity contribution in [2.24, 2.45) is 23.7 Å². The van der Waals surface area contributed by atoms with Gasteiger partial charge in [0, 0.05) is 0 Å². The molecule has 4 fully saturated rings. The molecule has 4 saturated heterocycles. The van der Waals surface area contributed by atoms with Gasteiger partial charge in [-0.3, -0.25) is 19.2 Å². The number of nitrogens with zero attached hydrogens (tertiary/aromatic N) is 2. The Kier molecular flexibility index (Phi) is 3.73. The third kappa shape index (κ3) is 2.11. The monoisotopic (exact) mass is 464 g/mol. The number of fused-ring (bicyclic) bond motifs is 10. The van der Waals surface area contributed by atoms with Crippen molar-refractivity contribution in [3.05, 3.63) is 48.6 Å². The van der Waals surface area contributed by atoms with Crippen molar-refractivity contribution in [3.8, 4) is 0 Å². The number of carbonyl (C=O) groups is 4. The second-order valence-electron chi connectivity index (χ2n) is 9.66. The summed E-state index contributed by atoms with van der Waals surface area (Å²) in [5.41, 5.74) is -1.95. The molecule has 0 saturated carbocycles. The molecule has 174 valence electrons. The molecule has 2 N–H and O–H groups in total. The van der Waals surface area contributed by atoms with Crippen LogP contribution in [0, 0.1) is 23.7 Å². The number of imide groups is 2. The van der Waals surface area contributed by atoms with Crippen molar-refractivity contribution in [2.75, 3.05) is 23.0 Å². The molecule has 34 heavy (non-hydrogen) atoms. The molecular weight excluding hydrogens is 444 g/mol. The van der Waals surface area contributed by atoms with Crippen molar-refractivity contribution < 1.29 is 38.9 Å². The van der Waals surface area contributed by atoms with Gasteiger partial charge in [0.1, 0.15) is 11.2 Å².